The molecule has 0 saturated carbocycles. The molecular weight excluding hydrogens is 396 g/mol. The van der Waals surface area contributed by atoms with Gasteiger partial charge < -0.3 is 9.47 Å². The third-order valence-corrected chi connectivity index (χ3v) is 6.28. The van der Waals surface area contributed by atoms with Crippen molar-refractivity contribution in [3.8, 4) is 23.3 Å². The van der Waals surface area contributed by atoms with E-state index in [4.69, 9.17) is 19.4 Å². The van der Waals surface area contributed by atoms with Gasteiger partial charge in [-0.1, -0.05) is 64.1 Å². The Hall–Kier alpha value is -3.66. The molecule has 2 aromatic carbocycles. The second kappa shape index (κ2) is 7.49. The van der Waals surface area contributed by atoms with Crippen LogP contribution in [-0.4, -0.2) is 9.97 Å². The minimum Gasteiger partial charge on any atom is -0.439 e. The van der Waals surface area contributed by atoms with Crippen molar-refractivity contribution in [2.75, 3.05) is 0 Å². The van der Waals surface area contributed by atoms with Gasteiger partial charge in [-0.05, 0) is 47.5 Å². The number of hydrogen-bond acceptors (Lipinski definition) is 4. The van der Waals surface area contributed by atoms with Gasteiger partial charge >= 0.3 is 0 Å². The highest BCUT2D eigenvalue weighted by atomic mass is 16.5. The van der Waals surface area contributed by atoms with Crippen LogP contribution in [0.25, 0.3) is 0 Å². The van der Waals surface area contributed by atoms with Gasteiger partial charge in [0.2, 0.25) is 11.8 Å². The molecule has 4 heteroatoms. The van der Waals surface area contributed by atoms with Crippen molar-refractivity contribution in [3.05, 3.63) is 107 Å². The Balaban J connectivity index is 1.72. The number of ether oxygens (including phenoxy) is 2. The zero-order valence-electron chi connectivity index (χ0n) is 18.8. The first-order chi connectivity index (χ1) is 15.3. The van der Waals surface area contributed by atoms with Crippen LogP contribution in [-0.2, 0) is 10.8 Å². The monoisotopic (exact) mass is 422 g/mol. The van der Waals surface area contributed by atoms with E-state index in [-0.39, 0.29) is 10.8 Å². The summed E-state index contributed by atoms with van der Waals surface area (Å²) in [5, 5.41) is 0. The Bertz CT molecular complexity index is 1100. The molecule has 0 radical (unpaired) electrons. The second-order valence-corrected chi connectivity index (χ2v) is 9.23. The molecule has 1 aliphatic rings. The molecule has 0 aliphatic carbocycles. The molecule has 0 amide bonds. The molecule has 4 nitrogen and oxygen atoms in total. The summed E-state index contributed by atoms with van der Waals surface area (Å²) >= 11 is 0. The van der Waals surface area contributed by atoms with Gasteiger partial charge in [0, 0.05) is 23.0 Å². The predicted molar refractivity (Wildman–Crippen MR) is 126 cm³/mol. The maximum atomic E-state index is 6.20. The summed E-state index contributed by atoms with van der Waals surface area (Å²) in [5.41, 5.74) is 3.38. The molecule has 0 atom stereocenters. The first-order valence-electron chi connectivity index (χ1n) is 10.8. The summed E-state index contributed by atoms with van der Waals surface area (Å²) in [4.78, 5) is 9.69. The van der Waals surface area contributed by atoms with E-state index in [1.54, 1.807) is 0 Å². The summed E-state index contributed by atoms with van der Waals surface area (Å²) in [6.45, 7) is 8.62. The van der Waals surface area contributed by atoms with Gasteiger partial charge in [0.15, 0.2) is 0 Å². The number of rotatable bonds is 0. The van der Waals surface area contributed by atoms with E-state index < -0.39 is 0 Å². The Morgan fingerprint density at radius 2 is 0.938 bits per heavy atom. The normalized spacial score (nSPS) is 15.9. The largest absolute Gasteiger partial charge is 0.439 e. The summed E-state index contributed by atoms with van der Waals surface area (Å²) in [6.07, 6.45) is 0. The van der Waals surface area contributed by atoms with Crippen molar-refractivity contribution in [3.63, 3.8) is 0 Å². The molecule has 4 aromatic rings. The third-order valence-electron chi connectivity index (χ3n) is 6.28. The van der Waals surface area contributed by atoms with Crippen molar-refractivity contribution in [2.45, 2.75) is 38.5 Å². The zero-order chi connectivity index (χ0) is 22.3. The van der Waals surface area contributed by atoms with Crippen molar-refractivity contribution in [2.24, 2.45) is 0 Å². The number of fused-ring (bicyclic) bond motifs is 8. The zero-order valence-corrected chi connectivity index (χ0v) is 18.8. The molecule has 5 rings (SSSR count). The van der Waals surface area contributed by atoms with Crippen LogP contribution in [0.1, 0.15) is 50.2 Å². The molecule has 1 aliphatic heterocycles. The molecule has 160 valence electrons. The molecule has 0 fully saturated rings. The first kappa shape index (κ1) is 20.3. The molecule has 2 aromatic heterocycles. The first-order valence-corrected chi connectivity index (χ1v) is 10.8. The number of hydrogen-bond donors (Lipinski definition) is 0. The van der Waals surface area contributed by atoms with E-state index in [1.165, 1.54) is 0 Å². The number of pyridine rings is 2. The van der Waals surface area contributed by atoms with Crippen LogP contribution in [0.3, 0.4) is 0 Å². The second-order valence-electron chi connectivity index (χ2n) is 9.23. The van der Waals surface area contributed by atoms with Gasteiger partial charge in [-0.2, -0.15) is 0 Å². The summed E-state index contributed by atoms with van der Waals surface area (Å²) in [5.74, 6) is 2.65. The summed E-state index contributed by atoms with van der Waals surface area (Å²) in [6, 6.07) is 28.1. The van der Waals surface area contributed by atoms with Crippen LogP contribution >= 0.6 is 0 Å². The lowest BCUT2D eigenvalue weighted by Gasteiger charge is -2.27. The van der Waals surface area contributed by atoms with Gasteiger partial charge in [-0.3, -0.25) is 0 Å². The SMILES string of the molecule is CC1(C)c2cccc(c2)Oc2cccc(n2)C(C)(C)c2cccc(c2)Oc2cccc1n2. The highest BCUT2D eigenvalue weighted by Crippen LogP contribution is 2.37. The highest BCUT2D eigenvalue weighted by Gasteiger charge is 2.28. The van der Waals surface area contributed by atoms with E-state index in [0.29, 0.717) is 11.8 Å². The molecule has 0 spiro atoms. The van der Waals surface area contributed by atoms with Crippen LogP contribution < -0.4 is 9.47 Å². The lowest BCUT2D eigenvalue weighted by molar-refractivity contribution is 0.445. The minimum absolute atomic E-state index is 0.338. The maximum Gasteiger partial charge on any atom is 0.219 e. The molecule has 0 unspecified atom stereocenters. The summed E-state index contributed by atoms with van der Waals surface area (Å²) < 4.78 is 12.4. The number of benzene rings is 2. The summed E-state index contributed by atoms with van der Waals surface area (Å²) in [7, 11) is 0. The Kier molecular flexibility index (Phi) is 4.74. The quantitative estimate of drug-likeness (QED) is 0.305. The molecule has 32 heavy (non-hydrogen) atoms. The Morgan fingerprint density at radius 1 is 0.531 bits per heavy atom. The van der Waals surface area contributed by atoms with Crippen molar-refractivity contribution < 1.29 is 9.47 Å². The van der Waals surface area contributed by atoms with Gasteiger partial charge in [0.05, 0.1) is 11.4 Å². The lowest BCUT2D eigenvalue weighted by atomic mass is 9.81. The minimum atomic E-state index is -0.338. The number of nitrogens with zero attached hydrogens (tertiary/aromatic N) is 2. The van der Waals surface area contributed by atoms with Gasteiger partial charge in [0.25, 0.3) is 0 Å². The smallest absolute Gasteiger partial charge is 0.219 e. The van der Waals surface area contributed by atoms with Crippen molar-refractivity contribution in [1.82, 2.24) is 9.97 Å². The van der Waals surface area contributed by atoms with E-state index in [1.807, 2.05) is 60.7 Å². The maximum absolute atomic E-state index is 6.20. The average Bonchev–Trinajstić information content (AvgIpc) is 2.79. The molecule has 0 saturated heterocycles. The fourth-order valence-electron chi connectivity index (χ4n) is 4.07. The molecule has 8 bridgehead atoms. The average molecular weight is 423 g/mol. The van der Waals surface area contributed by atoms with Crippen LogP contribution in [0.2, 0.25) is 0 Å². The molecular formula is C28H26N2O2. The fraction of sp³-hybridized carbons (Fsp3) is 0.214. The van der Waals surface area contributed by atoms with Gasteiger partial charge in [-0.15, -0.1) is 0 Å². The standard InChI is InChI=1S/C28H26N2O2/c1-27(2)19-9-5-11-21(17-19)31-26-16-8-14-24(30-26)28(3,4)20-10-6-12-22(18-20)32-25-15-7-13-23(27)29-25/h5-18H,1-4H3. The number of aromatic nitrogens is 2. The lowest BCUT2D eigenvalue weighted by Crippen LogP contribution is -2.21. The Morgan fingerprint density at radius 3 is 1.38 bits per heavy atom. The molecule has 3 heterocycles. The van der Waals surface area contributed by atoms with Gasteiger partial charge in [0.1, 0.15) is 11.5 Å². The predicted octanol–water partition coefficient (Wildman–Crippen LogP) is 7.03. The van der Waals surface area contributed by atoms with E-state index >= 15 is 0 Å². The van der Waals surface area contributed by atoms with E-state index in [2.05, 4.69) is 52.0 Å². The third kappa shape index (κ3) is 3.62. The van der Waals surface area contributed by atoms with Crippen molar-refractivity contribution >= 4 is 0 Å². The van der Waals surface area contributed by atoms with Crippen LogP contribution in [0.5, 0.6) is 23.3 Å². The topological polar surface area (TPSA) is 44.2 Å². The fourth-order valence-corrected chi connectivity index (χ4v) is 4.07. The highest BCUT2D eigenvalue weighted by molar-refractivity contribution is 5.43. The Labute approximate surface area is 188 Å². The van der Waals surface area contributed by atoms with Crippen LogP contribution in [0.4, 0.5) is 0 Å². The molecule has 0 N–H and O–H groups in total. The van der Waals surface area contributed by atoms with Gasteiger partial charge in [-0.25, -0.2) is 9.97 Å². The van der Waals surface area contributed by atoms with Crippen LogP contribution in [0.15, 0.2) is 84.9 Å². The van der Waals surface area contributed by atoms with Crippen molar-refractivity contribution in [1.29, 1.82) is 0 Å². The van der Waals surface area contributed by atoms with Crippen LogP contribution in [0, 0.1) is 0 Å². The van der Waals surface area contributed by atoms with E-state index in [9.17, 15) is 0 Å². The van der Waals surface area contributed by atoms with E-state index in [0.717, 1.165) is 34.0 Å².